The lowest BCUT2D eigenvalue weighted by atomic mass is 10.1. The van der Waals surface area contributed by atoms with E-state index in [2.05, 4.69) is 0 Å². The molecule has 2 aromatic carbocycles. The van der Waals surface area contributed by atoms with Crippen molar-refractivity contribution in [2.45, 2.75) is 6.92 Å². The fourth-order valence-electron chi connectivity index (χ4n) is 2.41. The van der Waals surface area contributed by atoms with E-state index in [1.54, 1.807) is 31.2 Å². The number of aryl methyl sites for hydroxylation is 1. The van der Waals surface area contributed by atoms with Crippen LogP contribution in [-0.2, 0) is 4.79 Å². The molecule has 1 fully saturated rings. The maximum atomic E-state index is 13.3. The van der Waals surface area contributed by atoms with Gasteiger partial charge in [-0.3, -0.25) is 9.69 Å². The number of carboxylic acid groups (broad SMARTS) is 1. The van der Waals surface area contributed by atoms with Crippen LogP contribution in [0.5, 0.6) is 0 Å². The summed E-state index contributed by atoms with van der Waals surface area (Å²) >= 11 is 6.39. The first-order valence-electron chi connectivity index (χ1n) is 7.24. The van der Waals surface area contributed by atoms with E-state index >= 15 is 0 Å². The number of thiocarbonyl (C=S) groups is 1. The fraction of sp³-hybridized carbons (Fsp3) is 0.0556. The van der Waals surface area contributed by atoms with Gasteiger partial charge < -0.3 is 5.11 Å². The van der Waals surface area contributed by atoms with E-state index < -0.39 is 11.8 Å². The number of benzene rings is 2. The number of carbonyl (C=O) groups is 2. The van der Waals surface area contributed by atoms with Gasteiger partial charge in [-0.15, -0.1) is 0 Å². The second-order valence-electron chi connectivity index (χ2n) is 5.38. The van der Waals surface area contributed by atoms with Gasteiger partial charge in [-0.2, -0.15) is 0 Å². The van der Waals surface area contributed by atoms with Crippen LogP contribution in [0.2, 0.25) is 0 Å². The number of carbonyl (C=O) groups excluding carboxylic acids is 1. The minimum atomic E-state index is -1.08. The molecule has 1 saturated heterocycles. The van der Waals surface area contributed by atoms with Gasteiger partial charge in [0.25, 0.3) is 5.91 Å². The summed E-state index contributed by atoms with van der Waals surface area (Å²) in [6, 6.07) is 10.4. The molecule has 7 heteroatoms. The first-order valence-corrected chi connectivity index (χ1v) is 8.47. The molecule has 1 aliphatic heterocycles. The molecule has 0 bridgehead atoms. The molecule has 1 heterocycles. The zero-order valence-corrected chi connectivity index (χ0v) is 14.7. The van der Waals surface area contributed by atoms with Crippen molar-refractivity contribution < 1.29 is 19.1 Å². The van der Waals surface area contributed by atoms with E-state index in [4.69, 9.17) is 17.3 Å². The first-order chi connectivity index (χ1) is 11.9. The molecule has 0 saturated carbocycles. The monoisotopic (exact) mass is 373 g/mol. The lowest BCUT2D eigenvalue weighted by molar-refractivity contribution is -0.113. The van der Waals surface area contributed by atoms with Crippen LogP contribution in [0.15, 0.2) is 47.4 Å². The summed E-state index contributed by atoms with van der Waals surface area (Å²) in [7, 11) is 0. The Kier molecular flexibility index (Phi) is 4.69. The van der Waals surface area contributed by atoms with Crippen molar-refractivity contribution in [1.29, 1.82) is 0 Å². The van der Waals surface area contributed by atoms with E-state index in [1.807, 2.05) is 0 Å². The van der Waals surface area contributed by atoms with Crippen molar-refractivity contribution in [3.8, 4) is 0 Å². The Labute approximate surface area is 153 Å². The molecule has 4 nitrogen and oxygen atoms in total. The minimum absolute atomic E-state index is 0.0729. The molecule has 1 N–H and O–H groups in total. The van der Waals surface area contributed by atoms with Gasteiger partial charge in [-0.25, -0.2) is 9.18 Å². The van der Waals surface area contributed by atoms with Crippen LogP contribution in [-0.4, -0.2) is 21.3 Å². The summed E-state index contributed by atoms with van der Waals surface area (Å²) < 4.78 is 13.6. The van der Waals surface area contributed by atoms with Crippen molar-refractivity contribution in [1.82, 2.24) is 0 Å². The van der Waals surface area contributed by atoms with Crippen molar-refractivity contribution >= 4 is 51.9 Å². The molecule has 3 rings (SSSR count). The Morgan fingerprint density at radius 2 is 2.04 bits per heavy atom. The number of amides is 1. The molecule has 0 spiro atoms. The van der Waals surface area contributed by atoms with Crippen molar-refractivity contribution in [2.75, 3.05) is 4.90 Å². The average Bonchev–Trinajstić information content (AvgIpc) is 2.82. The molecular weight excluding hydrogens is 361 g/mol. The Balaban J connectivity index is 2.00. The van der Waals surface area contributed by atoms with E-state index in [0.29, 0.717) is 20.5 Å². The Morgan fingerprint density at radius 1 is 1.28 bits per heavy atom. The van der Waals surface area contributed by atoms with E-state index in [9.17, 15) is 14.0 Å². The third-order valence-electron chi connectivity index (χ3n) is 3.64. The van der Waals surface area contributed by atoms with Crippen LogP contribution >= 0.6 is 24.0 Å². The molecular formula is C18H12FNO3S2. The largest absolute Gasteiger partial charge is 0.478 e. The minimum Gasteiger partial charge on any atom is -0.478 e. The predicted octanol–water partition coefficient (Wildman–Crippen LogP) is 4.24. The normalized spacial score (nSPS) is 15.9. The van der Waals surface area contributed by atoms with Crippen LogP contribution in [0.25, 0.3) is 6.08 Å². The predicted molar refractivity (Wildman–Crippen MR) is 100 cm³/mol. The highest BCUT2D eigenvalue weighted by Gasteiger charge is 2.34. The Bertz CT molecular complexity index is 940. The number of nitrogens with zero attached hydrogens (tertiary/aromatic N) is 1. The van der Waals surface area contributed by atoms with Gasteiger partial charge >= 0.3 is 5.97 Å². The highest BCUT2D eigenvalue weighted by Crippen LogP contribution is 2.37. The zero-order chi connectivity index (χ0) is 18.1. The van der Waals surface area contributed by atoms with Crippen LogP contribution < -0.4 is 4.90 Å². The van der Waals surface area contributed by atoms with Gasteiger partial charge in [-0.05, 0) is 48.4 Å². The Morgan fingerprint density at radius 3 is 2.72 bits per heavy atom. The van der Waals surface area contributed by atoms with Crippen LogP contribution in [0, 0.1) is 12.7 Å². The van der Waals surface area contributed by atoms with E-state index in [0.717, 1.165) is 17.3 Å². The maximum Gasteiger partial charge on any atom is 0.335 e. The summed E-state index contributed by atoms with van der Waals surface area (Å²) in [5, 5.41) is 9.16. The lowest BCUT2D eigenvalue weighted by Crippen LogP contribution is -2.28. The molecule has 1 amide bonds. The van der Waals surface area contributed by atoms with Crippen LogP contribution in [0.4, 0.5) is 10.1 Å². The van der Waals surface area contributed by atoms with Gasteiger partial charge in [0.2, 0.25) is 0 Å². The van der Waals surface area contributed by atoms with Crippen LogP contribution in [0.1, 0.15) is 21.5 Å². The average molecular weight is 373 g/mol. The standard InChI is InChI=1S/C18H12FNO3S2/c1-10-5-6-12(17(22)23)9-14(10)20-16(21)15(25-18(20)24)8-11-3-2-4-13(19)7-11/h2-9H,1H3,(H,22,23)/b15-8-. The van der Waals surface area contributed by atoms with Gasteiger partial charge in [-0.1, -0.05) is 42.2 Å². The summed E-state index contributed by atoms with van der Waals surface area (Å²) in [5.74, 6) is -1.83. The SMILES string of the molecule is Cc1ccc(C(=O)O)cc1N1C(=O)/C(=C/c2cccc(F)c2)SC1=S. The van der Waals surface area contributed by atoms with Gasteiger partial charge in [0.1, 0.15) is 5.82 Å². The Hall–Kier alpha value is -2.51. The number of rotatable bonds is 3. The lowest BCUT2D eigenvalue weighted by Gasteiger charge is -2.17. The number of carboxylic acids is 1. The van der Waals surface area contributed by atoms with Crippen molar-refractivity contribution in [2.24, 2.45) is 0 Å². The van der Waals surface area contributed by atoms with Gasteiger partial charge in [0, 0.05) is 0 Å². The van der Waals surface area contributed by atoms with Crippen molar-refractivity contribution in [3.05, 3.63) is 69.9 Å². The van der Waals surface area contributed by atoms with E-state index in [1.165, 1.54) is 29.2 Å². The third-order valence-corrected chi connectivity index (χ3v) is 4.94. The number of aromatic carboxylic acids is 1. The molecule has 0 radical (unpaired) electrons. The smallest absolute Gasteiger partial charge is 0.335 e. The quantitative estimate of drug-likeness (QED) is 0.644. The molecule has 2 aromatic rings. The maximum absolute atomic E-state index is 13.3. The highest BCUT2D eigenvalue weighted by atomic mass is 32.2. The highest BCUT2D eigenvalue weighted by molar-refractivity contribution is 8.27. The summed E-state index contributed by atoms with van der Waals surface area (Å²) in [6.07, 6.45) is 1.57. The van der Waals surface area contributed by atoms with E-state index in [-0.39, 0.29) is 11.5 Å². The van der Waals surface area contributed by atoms with Crippen molar-refractivity contribution in [3.63, 3.8) is 0 Å². The van der Waals surface area contributed by atoms with Crippen LogP contribution in [0.3, 0.4) is 0 Å². The molecule has 0 unspecified atom stereocenters. The second kappa shape index (κ2) is 6.78. The van der Waals surface area contributed by atoms with Gasteiger partial charge in [0.15, 0.2) is 4.32 Å². The summed E-state index contributed by atoms with van der Waals surface area (Å²) in [6.45, 7) is 1.77. The number of halogens is 1. The molecule has 126 valence electrons. The third kappa shape index (κ3) is 3.47. The molecule has 0 aromatic heterocycles. The molecule has 25 heavy (non-hydrogen) atoms. The molecule has 0 aliphatic carbocycles. The topological polar surface area (TPSA) is 57.6 Å². The molecule has 0 atom stereocenters. The molecule has 1 aliphatic rings. The zero-order valence-electron chi connectivity index (χ0n) is 13.0. The number of hydrogen-bond donors (Lipinski definition) is 1. The van der Waals surface area contributed by atoms with Gasteiger partial charge in [0.05, 0.1) is 16.2 Å². The fourth-order valence-corrected chi connectivity index (χ4v) is 3.69. The summed E-state index contributed by atoms with van der Waals surface area (Å²) in [5.41, 5.74) is 1.79. The summed E-state index contributed by atoms with van der Waals surface area (Å²) in [4.78, 5) is 25.6. The number of thioether (sulfide) groups is 1. The first kappa shape index (κ1) is 17.3. The number of hydrogen-bond acceptors (Lipinski definition) is 4. The number of anilines is 1. The second-order valence-corrected chi connectivity index (χ2v) is 7.05.